The molecule has 0 fully saturated rings. The third-order valence-corrected chi connectivity index (χ3v) is 3.73. The maximum absolute atomic E-state index is 11.8. The van der Waals surface area contributed by atoms with Crippen molar-refractivity contribution in [1.82, 2.24) is 5.32 Å². The summed E-state index contributed by atoms with van der Waals surface area (Å²) in [6.45, 7) is 0.223. The molecule has 0 aliphatic rings. The van der Waals surface area contributed by atoms with Crippen LogP contribution in [-0.2, 0) is 11.3 Å². The molecule has 0 aliphatic carbocycles. The predicted molar refractivity (Wildman–Crippen MR) is 92.9 cm³/mol. The Morgan fingerprint density at radius 1 is 1.04 bits per heavy atom. The van der Waals surface area contributed by atoms with Crippen LogP contribution in [0.2, 0.25) is 5.02 Å². The van der Waals surface area contributed by atoms with E-state index < -0.39 is 0 Å². The summed E-state index contributed by atoms with van der Waals surface area (Å²) in [7, 11) is 0. The van der Waals surface area contributed by atoms with E-state index in [1.54, 1.807) is 24.5 Å². The lowest BCUT2D eigenvalue weighted by Crippen LogP contribution is -2.28. The second-order valence-electron chi connectivity index (χ2n) is 5.16. The Hall–Kier alpha value is -2.72. The fourth-order valence-electron chi connectivity index (χ4n) is 2.22. The maximum atomic E-state index is 11.8. The molecule has 0 aliphatic heterocycles. The van der Waals surface area contributed by atoms with Crippen molar-refractivity contribution in [3.8, 4) is 16.9 Å². The molecule has 0 radical (unpaired) electrons. The van der Waals surface area contributed by atoms with Gasteiger partial charge in [-0.2, -0.15) is 0 Å². The van der Waals surface area contributed by atoms with Crippen LogP contribution in [0.1, 0.15) is 5.76 Å². The quantitative estimate of drug-likeness (QED) is 0.727. The zero-order chi connectivity index (χ0) is 16.8. The van der Waals surface area contributed by atoms with Crippen molar-refractivity contribution < 1.29 is 13.9 Å². The van der Waals surface area contributed by atoms with Crippen molar-refractivity contribution in [2.24, 2.45) is 0 Å². The number of amides is 1. The Morgan fingerprint density at radius 3 is 2.58 bits per heavy atom. The maximum Gasteiger partial charge on any atom is 0.258 e. The number of rotatable bonds is 6. The number of carbonyl (C=O) groups is 1. The molecule has 1 aromatic heterocycles. The molecular formula is C19H16ClNO3. The van der Waals surface area contributed by atoms with Crippen LogP contribution < -0.4 is 10.1 Å². The van der Waals surface area contributed by atoms with Crippen LogP contribution in [0.3, 0.4) is 0 Å². The Morgan fingerprint density at radius 2 is 1.88 bits per heavy atom. The molecular weight excluding hydrogens is 326 g/mol. The minimum Gasteiger partial charge on any atom is -0.482 e. The lowest BCUT2D eigenvalue weighted by Gasteiger charge is -2.10. The molecule has 2 aromatic carbocycles. The molecule has 0 bridgehead atoms. The van der Waals surface area contributed by atoms with Crippen molar-refractivity contribution in [1.29, 1.82) is 0 Å². The highest BCUT2D eigenvalue weighted by molar-refractivity contribution is 6.32. The Labute approximate surface area is 145 Å². The molecule has 0 unspecified atom stereocenters. The zero-order valence-corrected chi connectivity index (χ0v) is 13.6. The average Bonchev–Trinajstić information content (AvgIpc) is 3.13. The lowest BCUT2D eigenvalue weighted by molar-refractivity contribution is -0.123. The summed E-state index contributed by atoms with van der Waals surface area (Å²) in [4.78, 5) is 11.8. The number of ether oxygens (including phenoxy) is 1. The number of hydrogen-bond acceptors (Lipinski definition) is 3. The van der Waals surface area contributed by atoms with E-state index >= 15 is 0 Å². The Kier molecular flexibility index (Phi) is 5.18. The Balaban J connectivity index is 1.56. The predicted octanol–water partition coefficient (Wildman–Crippen LogP) is 4.30. The highest BCUT2D eigenvalue weighted by Gasteiger charge is 2.08. The van der Waals surface area contributed by atoms with Gasteiger partial charge >= 0.3 is 0 Å². The fourth-order valence-corrected chi connectivity index (χ4v) is 2.46. The summed E-state index contributed by atoms with van der Waals surface area (Å²) in [5.74, 6) is 0.924. The van der Waals surface area contributed by atoms with Crippen molar-refractivity contribution >= 4 is 17.5 Å². The standard InChI is InChI=1S/C19H16ClNO3/c20-17-11-15(14-5-2-1-3-6-14)8-9-18(17)24-13-19(22)21-12-16-7-4-10-23-16/h1-11H,12-13H2,(H,21,22). The third kappa shape index (κ3) is 4.18. The van der Waals surface area contributed by atoms with Gasteiger partial charge in [-0.05, 0) is 35.4 Å². The molecule has 3 rings (SSSR count). The SMILES string of the molecule is O=C(COc1ccc(-c2ccccc2)cc1Cl)NCc1ccco1. The second kappa shape index (κ2) is 7.70. The van der Waals surface area contributed by atoms with Crippen LogP contribution in [-0.4, -0.2) is 12.5 Å². The van der Waals surface area contributed by atoms with Gasteiger partial charge in [0.15, 0.2) is 6.61 Å². The van der Waals surface area contributed by atoms with Gasteiger partial charge < -0.3 is 14.5 Å². The number of hydrogen-bond donors (Lipinski definition) is 1. The normalized spacial score (nSPS) is 10.4. The van der Waals surface area contributed by atoms with Crippen LogP contribution in [0.5, 0.6) is 5.75 Å². The molecule has 1 N–H and O–H groups in total. The van der Waals surface area contributed by atoms with Crippen molar-refractivity contribution in [2.45, 2.75) is 6.54 Å². The summed E-state index contributed by atoms with van der Waals surface area (Å²) in [6, 6.07) is 19.0. The molecule has 0 saturated heterocycles. The number of nitrogens with one attached hydrogen (secondary N) is 1. The Bertz CT molecular complexity index is 801. The lowest BCUT2D eigenvalue weighted by atomic mass is 10.1. The van der Waals surface area contributed by atoms with E-state index in [1.165, 1.54) is 0 Å². The van der Waals surface area contributed by atoms with E-state index in [2.05, 4.69) is 5.32 Å². The molecule has 24 heavy (non-hydrogen) atoms. The van der Waals surface area contributed by atoms with Crippen LogP contribution in [0, 0.1) is 0 Å². The first kappa shape index (κ1) is 16.1. The van der Waals surface area contributed by atoms with Gasteiger partial charge in [-0.25, -0.2) is 0 Å². The number of carbonyl (C=O) groups excluding carboxylic acids is 1. The van der Waals surface area contributed by atoms with Gasteiger partial charge in [0, 0.05) is 0 Å². The van der Waals surface area contributed by atoms with Crippen LogP contribution >= 0.6 is 11.6 Å². The highest BCUT2D eigenvalue weighted by atomic mass is 35.5. The third-order valence-electron chi connectivity index (χ3n) is 3.44. The first-order valence-corrected chi connectivity index (χ1v) is 7.87. The van der Waals surface area contributed by atoms with Gasteiger partial charge in [0.05, 0.1) is 17.8 Å². The van der Waals surface area contributed by atoms with E-state index in [-0.39, 0.29) is 12.5 Å². The topological polar surface area (TPSA) is 51.5 Å². The molecule has 0 saturated carbocycles. The average molecular weight is 342 g/mol. The summed E-state index contributed by atoms with van der Waals surface area (Å²) >= 11 is 6.25. The number of furan rings is 1. The van der Waals surface area contributed by atoms with Gasteiger partial charge in [0.25, 0.3) is 5.91 Å². The van der Waals surface area contributed by atoms with Crippen molar-refractivity contribution in [2.75, 3.05) is 6.61 Å². The second-order valence-corrected chi connectivity index (χ2v) is 5.56. The molecule has 122 valence electrons. The summed E-state index contributed by atoms with van der Waals surface area (Å²) in [6.07, 6.45) is 1.56. The number of benzene rings is 2. The van der Waals surface area contributed by atoms with Gasteiger partial charge in [-0.3, -0.25) is 4.79 Å². The first-order valence-electron chi connectivity index (χ1n) is 7.49. The molecule has 3 aromatic rings. The summed E-state index contributed by atoms with van der Waals surface area (Å²) < 4.78 is 10.6. The van der Waals surface area contributed by atoms with E-state index in [4.69, 9.17) is 20.8 Å². The van der Waals surface area contributed by atoms with Gasteiger partial charge in [-0.15, -0.1) is 0 Å². The van der Waals surface area contributed by atoms with Crippen molar-refractivity contribution in [3.05, 3.63) is 77.7 Å². The molecule has 5 heteroatoms. The molecule has 4 nitrogen and oxygen atoms in total. The van der Waals surface area contributed by atoms with Crippen LogP contribution in [0.4, 0.5) is 0 Å². The van der Waals surface area contributed by atoms with Crippen molar-refractivity contribution in [3.63, 3.8) is 0 Å². The fraction of sp³-hybridized carbons (Fsp3) is 0.105. The van der Waals surface area contributed by atoms with Gasteiger partial charge in [-0.1, -0.05) is 48.0 Å². The molecule has 1 heterocycles. The molecule has 0 atom stereocenters. The minimum atomic E-state index is -0.241. The van der Waals surface area contributed by atoms with Gasteiger partial charge in [0.2, 0.25) is 0 Å². The highest BCUT2D eigenvalue weighted by Crippen LogP contribution is 2.30. The van der Waals surface area contributed by atoms with E-state index in [1.807, 2.05) is 42.5 Å². The summed E-state index contributed by atoms with van der Waals surface area (Å²) in [5, 5.41) is 3.18. The summed E-state index contributed by atoms with van der Waals surface area (Å²) in [5.41, 5.74) is 2.07. The van der Waals surface area contributed by atoms with E-state index in [9.17, 15) is 4.79 Å². The largest absolute Gasteiger partial charge is 0.482 e. The van der Waals surface area contributed by atoms with E-state index in [0.29, 0.717) is 23.1 Å². The smallest absolute Gasteiger partial charge is 0.258 e. The van der Waals surface area contributed by atoms with E-state index in [0.717, 1.165) is 11.1 Å². The monoisotopic (exact) mass is 341 g/mol. The van der Waals surface area contributed by atoms with Crippen LogP contribution in [0.25, 0.3) is 11.1 Å². The zero-order valence-electron chi connectivity index (χ0n) is 12.9. The molecule has 0 spiro atoms. The van der Waals surface area contributed by atoms with Crippen LogP contribution in [0.15, 0.2) is 71.3 Å². The number of halogens is 1. The minimum absolute atomic E-state index is 0.106. The first-order chi connectivity index (χ1) is 11.7. The molecule has 1 amide bonds. The van der Waals surface area contributed by atoms with Gasteiger partial charge in [0.1, 0.15) is 11.5 Å².